The monoisotopic (exact) mass is 280 g/mol. The van der Waals surface area contributed by atoms with E-state index in [1.165, 1.54) is 0 Å². The predicted molar refractivity (Wildman–Crippen MR) is 85.5 cm³/mol. The Bertz CT molecular complexity index is 753. The molecular weight excluding hydrogens is 260 g/mol. The molecule has 0 aliphatic carbocycles. The van der Waals surface area contributed by atoms with Gasteiger partial charge in [-0.05, 0) is 39.0 Å². The Hall–Kier alpha value is -2.20. The lowest BCUT2D eigenvalue weighted by Gasteiger charge is -2.21. The van der Waals surface area contributed by atoms with Crippen LogP contribution in [-0.2, 0) is 6.54 Å². The Balaban J connectivity index is 2.02. The first-order valence-electron chi connectivity index (χ1n) is 7.15. The van der Waals surface area contributed by atoms with Crippen LogP contribution in [0.1, 0.15) is 26.3 Å². The van der Waals surface area contributed by atoms with E-state index in [0.29, 0.717) is 0 Å². The number of hydrogen-bond acceptors (Lipinski definition) is 3. The molecule has 1 aromatic carbocycles. The van der Waals surface area contributed by atoms with E-state index in [4.69, 9.17) is 0 Å². The second-order valence-electron chi connectivity index (χ2n) is 6.21. The van der Waals surface area contributed by atoms with E-state index in [1.54, 1.807) is 0 Å². The standard InChI is InChI=1S/C17H20N4/c1-17(2,3)20-11-13-10-18-9-8-15(13)21-12-19-14-6-4-5-7-16(14)21/h4-10,12,20H,11H2,1-3H3. The number of nitrogens with zero attached hydrogens (tertiary/aromatic N) is 3. The number of benzene rings is 1. The second kappa shape index (κ2) is 5.30. The highest BCUT2D eigenvalue weighted by Gasteiger charge is 2.12. The molecule has 0 amide bonds. The summed E-state index contributed by atoms with van der Waals surface area (Å²) in [6.45, 7) is 7.26. The van der Waals surface area contributed by atoms with Gasteiger partial charge in [0.1, 0.15) is 6.33 Å². The minimum atomic E-state index is 0.0735. The van der Waals surface area contributed by atoms with Crippen LogP contribution in [0.3, 0.4) is 0 Å². The zero-order chi connectivity index (χ0) is 14.9. The molecule has 4 nitrogen and oxygen atoms in total. The van der Waals surface area contributed by atoms with Gasteiger partial charge in [0, 0.05) is 30.0 Å². The number of rotatable bonds is 3. The molecule has 0 aliphatic heterocycles. The molecular formula is C17H20N4. The fourth-order valence-electron chi connectivity index (χ4n) is 2.30. The first-order valence-corrected chi connectivity index (χ1v) is 7.15. The number of hydrogen-bond donors (Lipinski definition) is 1. The van der Waals surface area contributed by atoms with Gasteiger partial charge in [-0.25, -0.2) is 4.98 Å². The summed E-state index contributed by atoms with van der Waals surface area (Å²) >= 11 is 0. The largest absolute Gasteiger partial charge is 0.308 e. The van der Waals surface area contributed by atoms with Crippen molar-refractivity contribution in [2.45, 2.75) is 32.9 Å². The topological polar surface area (TPSA) is 42.7 Å². The van der Waals surface area contributed by atoms with Gasteiger partial charge in [0.25, 0.3) is 0 Å². The van der Waals surface area contributed by atoms with Crippen molar-refractivity contribution in [1.29, 1.82) is 0 Å². The lowest BCUT2D eigenvalue weighted by Crippen LogP contribution is -2.35. The molecule has 0 radical (unpaired) electrons. The van der Waals surface area contributed by atoms with Crippen LogP contribution in [0.25, 0.3) is 16.7 Å². The van der Waals surface area contributed by atoms with Crippen molar-refractivity contribution in [3.63, 3.8) is 0 Å². The molecule has 0 aliphatic rings. The van der Waals surface area contributed by atoms with Crippen molar-refractivity contribution >= 4 is 11.0 Å². The molecule has 0 fully saturated rings. The third-order valence-corrected chi connectivity index (χ3v) is 3.40. The highest BCUT2D eigenvalue weighted by Crippen LogP contribution is 2.20. The first-order chi connectivity index (χ1) is 10.0. The molecule has 2 heterocycles. The highest BCUT2D eigenvalue weighted by molar-refractivity contribution is 5.77. The van der Waals surface area contributed by atoms with Gasteiger partial charge < -0.3 is 5.32 Å². The number of para-hydroxylation sites is 2. The Morgan fingerprint density at radius 1 is 1.14 bits per heavy atom. The summed E-state index contributed by atoms with van der Waals surface area (Å²) in [4.78, 5) is 8.73. The predicted octanol–water partition coefficient (Wildman–Crippen LogP) is 3.31. The molecule has 0 unspecified atom stereocenters. The van der Waals surface area contributed by atoms with E-state index in [1.807, 2.05) is 43.0 Å². The lowest BCUT2D eigenvalue weighted by molar-refractivity contribution is 0.423. The van der Waals surface area contributed by atoms with Gasteiger partial charge >= 0.3 is 0 Å². The molecule has 0 spiro atoms. The maximum absolute atomic E-state index is 4.47. The number of fused-ring (bicyclic) bond motifs is 1. The smallest absolute Gasteiger partial charge is 0.100 e. The van der Waals surface area contributed by atoms with Crippen LogP contribution < -0.4 is 5.32 Å². The van der Waals surface area contributed by atoms with E-state index in [9.17, 15) is 0 Å². The van der Waals surface area contributed by atoms with Gasteiger partial charge in [-0.15, -0.1) is 0 Å². The van der Waals surface area contributed by atoms with E-state index >= 15 is 0 Å². The van der Waals surface area contributed by atoms with Crippen molar-refractivity contribution in [3.8, 4) is 5.69 Å². The number of aromatic nitrogens is 3. The van der Waals surface area contributed by atoms with E-state index in [0.717, 1.165) is 28.8 Å². The Morgan fingerprint density at radius 2 is 1.95 bits per heavy atom. The first kappa shape index (κ1) is 13.8. The Labute approximate surface area is 124 Å². The van der Waals surface area contributed by atoms with Gasteiger partial charge in [0.15, 0.2) is 0 Å². The number of nitrogens with one attached hydrogen (secondary N) is 1. The van der Waals surface area contributed by atoms with E-state index < -0.39 is 0 Å². The van der Waals surface area contributed by atoms with E-state index in [2.05, 4.69) is 46.7 Å². The maximum atomic E-state index is 4.47. The molecule has 0 saturated carbocycles. The fraction of sp³-hybridized carbons (Fsp3) is 0.294. The molecule has 4 heteroatoms. The molecule has 0 atom stereocenters. The zero-order valence-electron chi connectivity index (χ0n) is 12.7. The summed E-state index contributed by atoms with van der Waals surface area (Å²) in [5, 5.41) is 3.51. The normalized spacial score (nSPS) is 12.0. The molecule has 3 rings (SSSR count). The zero-order valence-corrected chi connectivity index (χ0v) is 12.7. The van der Waals surface area contributed by atoms with Crippen LogP contribution in [-0.4, -0.2) is 20.1 Å². The van der Waals surface area contributed by atoms with Crippen molar-refractivity contribution in [1.82, 2.24) is 19.9 Å². The Kier molecular flexibility index (Phi) is 3.47. The molecule has 1 N–H and O–H groups in total. The molecule has 108 valence electrons. The molecule has 0 bridgehead atoms. The van der Waals surface area contributed by atoms with Crippen molar-refractivity contribution in [2.24, 2.45) is 0 Å². The molecule has 2 aromatic heterocycles. The summed E-state index contributed by atoms with van der Waals surface area (Å²) in [5.74, 6) is 0. The summed E-state index contributed by atoms with van der Waals surface area (Å²) in [7, 11) is 0. The number of pyridine rings is 1. The molecule has 3 aromatic rings. The van der Waals surface area contributed by atoms with Crippen molar-refractivity contribution in [2.75, 3.05) is 0 Å². The Morgan fingerprint density at radius 3 is 2.76 bits per heavy atom. The quantitative estimate of drug-likeness (QED) is 0.800. The van der Waals surface area contributed by atoms with Crippen molar-refractivity contribution in [3.05, 3.63) is 54.6 Å². The van der Waals surface area contributed by atoms with Gasteiger partial charge in [0.05, 0.1) is 16.7 Å². The summed E-state index contributed by atoms with van der Waals surface area (Å²) in [5.41, 5.74) is 4.47. The summed E-state index contributed by atoms with van der Waals surface area (Å²) < 4.78 is 2.12. The van der Waals surface area contributed by atoms with Crippen molar-refractivity contribution < 1.29 is 0 Å². The van der Waals surface area contributed by atoms with Crippen LogP contribution in [0.15, 0.2) is 49.1 Å². The van der Waals surface area contributed by atoms with Crippen LogP contribution in [0.2, 0.25) is 0 Å². The van der Waals surface area contributed by atoms with Crippen LogP contribution in [0.5, 0.6) is 0 Å². The maximum Gasteiger partial charge on any atom is 0.100 e. The second-order valence-corrected chi connectivity index (χ2v) is 6.21. The third kappa shape index (κ3) is 2.95. The van der Waals surface area contributed by atoms with Crippen LogP contribution in [0, 0.1) is 0 Å². The van der Waals surface area contributed by atoms with Crippen LogP contribution in [0.4, 0.5) is 0 Å². The van der Waals surface area contributed by atoms with Gasteiger partial charge in [-0.2, -0.15) is 0 Å². The van der Waals surface area contributed by atoms with Crippen LogP contribution >= 0.6 is 0 Å². The molecule has 21 heavy (non-hydrogen) atoms. The highest BCUT2D eigenvalue weighted by atomic mass is 15.1. The minimum Gasteiger partial charge on any atom is -0.308 e. The minimum absolute atomic E-state index is 0.0735. The summed E-state index contributed by atoms with van der Waals surface area (Å²) in [6, 6.07) is 10.2. The summed E-state index contributed by atoms with van der Waals surface area (Å²) in [6.07, 6.45) is 5.62. The third-order valence-electron chi connectivity index (χ3n) is 3.40. The lowest BCUT2D eigenvalue weighted by atomic mass is 10.1. The van der Waals surface area contributed by atoms with E-state index in [-0.39, 0.29) is 5.54 Å². The average molecular weight is 280 g/mol. The van der Waals surface area contributed by atoms with Gasteiger partial charge in [-0.3, -0.25) is 9.55 Å². The molecule has 0 saturated heterocycles. The van der Waals surface area contributed by atoms with Gasteiger partial charge in [0.2, 0.25) is 0 Å². The van der Waals surface area contributed by atoms with Gasteiger partial charge in [-0.1, -0.05) is 12.1 Å². The fourth-order valence-corrected chi connectivity index (χ4v) is 2.30. The average Bonchev–Trinajstić information content (AvgIpc) is 2.88. The number of imidazole rings is 1. The SMILES string of the molecule is CC(C)(C)NCc1cnccc1-n1cnc2ccccc21.